The maximum Gasteiger partial charge on any atom is 0.236 e. The van der Waals surface area contributed by atoms with Crippen molar-refractivity contribution in [2.75, 3.05) is 6.54 Å². The number of hydrogen-bond acceptors (Lipinski definition) is 2. The first-order chi connectivity index (χ1) is 8.65. The van der Waals surface area contributed by atoms with Gasteiger partial charge in [0.25, 0.3) is 0 Å². The molecule has 0 aromatic heterocycles. The third kappa shape index (κ3) is 4.88. The van der Waals surface area contributed by atoms with Crippen LogP contribution in [0.4, 0.5) is 0 Å². The Morgan fingerprint density at radius 1 is 1.22 bits per heavy atom. The Kier molecular flexibility index (Phi) is 6.44. The third-order valence-electron chi connectivity index (χ3n) is 3.02. The van der Waals surface area contributed by atoms with Crippen molar-refractivity contribution in [2.24, 2.45) is 0 Å². The second-order valence-electron chi connectivity index (χ2n) is 4.67. The van der Waals surface area contributed by atoms with Crippen LogP contribution in [0.25, 0.3) is 0 Å². The van der Waals surface area contributed by atoms with Crippen LogP contribution >= 0.6 is 0 Å². The molecule has 0 heterocycles. The normalized spacial score (nSPS) is 13.9. The molecule has 100 valence electrons. The molecule has 0 fully saturated rings. The van der Waals surface area contributed by atoms with Gasteiger partial charge in [-0.15, -0.1) is 0 Å². The summed E-state index contributed by atoms with van der Waals surface area (Å²) in [5.74, 6) is 0.0752. The average molecular weight is 248 g/mol. The van der Waals surface area contributed by atoms with Crippen LogP contribution in [-0.4, -0.2) is 18.5 Å². The second kappa shape index (κ2) is 7.88. The Morgan fingerprint density at radius 2 is 1.89 bits per heavy atom. The molecular formula is C15H24N2O. The van der Waals surface area contributed by atoms with E-state index >= 15 is 0 Å². The Labute approximate surface area is 110 Å². The van der Waals surface area contributed by atoms with Gasteiger partial charge in [-0.05, 0) is 25.8 Å². The van der Waals surface area contributed by atoms with Gasteiger partial charge in [-0.3, -0.25) is 10.1 Å². The van der Waals surface area contributed by atoms with E-state index in [1.54, 1.807) is 0 Å². The molecule has 1 unspecified atom stereocenters. The third-order valence-corrected chi connectivity index (χ3v) is 3.02. The second-order valence-corrected chi connectivity index (χ2v) is 4.67. The van der Waals surface area contributed by atoms with Crippen molar-refractivity contribution < 1.29 is 4.79 Å². The minimum Gasteiger partial charge on any atom is -0.355 e. The number of rotatable bonds is 7. The van der Waals surface area contributed by atoms with Crippen LogP contribution in [0.3, 0.4) is 0 Å². The fourth-order valence-corrected chi connectivity index (χ4v) is 1.83. The summed E-state index contributed by atoms with van der Waals surface area (Å²) in [7, 11) is 0. The number of benzene rings is 1. The fourth-order valence-electron chi connectivity index (χ4n) is 1.83. The molecule has 1 aromatic carbocycles. The molecule has 0 saturated carbocycles. The summed E-state index contributed by atoms with van der Waals surface area (Å²) in [6.07, 6.45) is 2.13. The lowest BCUT2D eigenvalue weighted by atomic mass is 10.1. The van der Waals surface area contributed by atoms with E-state index in [4.69, 9.17) is 0 Å². The highest BCUT2D eigenvalue weighted by Gasteiger charge is 2.15. The van der Waals surface area contributed by atoms with Gasteiger partial charge >= 0.3 is 0 Å². The SMILES string of the molecule is CCCCNC(=O)C(C)N[C@@H](C)c1ccccc1. The lowest BCUT2D eigenvalue weighted by molar-refractivity contribution is -0.122. The first kappa shape index (κ1) is 14.7. The Hall–Kier alpha value is -1.35. The minimum absolute atomic E-state index is 0.0752. The van der Waals surface area contributed by atoms with Crippen LogP contribution in [-0.2, 0) is 4.79 Å². The Bertz CT molecular complexity index is 351. The van der Waals surface area contributed by atoms with Gasteiger partial charge in [0.05, 0.1) is 6.04 Å². The van der Waals surface area contributed by atoms with Crippen LogP contribution in [0.1, 0.15) is 45.2 Å². The van der Waals surface area contributed by atoms with E-state index < -0.39 is 0 Å². The number of carbonyl (C=O) groups excluding carboxylic acids is 1. The molecule has 1 rings (SSSR count). The molecular weight excluding hydrogens is 224 g/mol. The van der Waals surface area contributed by atoms with E-state index in [1.807, 2.05) is 25.1 Å². The molecule has 0 aliphatic carbocycles. The number of nitrogens with one attached hydrogen (secondary N) is 2. The highest BCUT2D eigenvalue weighted by molar-refractivity contribution is 5.81. The first-order valence-electron chi connectivity index (χ1n) is 6.73. The van der Waals surface area contributed by atoms with Gasteiger partial charge in [-0.25, -0.2) is 0 Å². The van der Waals surface area contributed by atoms with Crippen LogP contribution in [0.2, 0.25) is 0 Å². The Morgan fingerprint density at radius 3 is 2.50 bits per heavy atom. The molecule has 2 N–H and O–H groups in total. The summed E-state index contributed by atoms with van der Waals surface area (Å²) in [6.45, 7) is 6.86. The van der Waals surface area contributed by atoms with Gasteiger partial charge in [0, 0.05) is 12.6 Å². The molecule has 3 nitrogen and oxygen atoms in total. The lowest BCUT2D eigenvalue weighted by Gasteiger charge is -2.20. The van der Waals surface area contributed by atoms with E-state index in [9.17, 15) is 4.79 Å². The number of hydrogen-bond donors (Lipinski definition) is 2. The van der Waals surface area contributed by atoms with Crippen molar-refractivity contribution in [2.45, 2.75) is 45.7 Å². The van der Waals surface area contributed by atoms with Gasteiger partial charge in [0.2, 0.25) is 5.91 Å². The number of amides is 1. The van der Waals surface area contributed by atoms with Gasteiger partial charge in [-0.2, -0.15) is 0 Å². The number of unbranched alkanes of at least 4 members (excludes halogenated alkanes) is 1. The van der Waals surface area contributed by atoms with E-state index in [2.05, 4.69) is 36.6 Å². The Balaban J connectivity index is 2.39. The topological polar surface area (TPSA) is 41.1 Å². The summed E-state index contributed by atoms with van der Waals surface area (Å²) in [5, 5.41) is 6.25. The van der Waals surface area contributed by atoms with Crippen LogP contribution in [0.15, 0.2) is 30.3 Å². The largest absolute Gasteiger partial charge is 0.355 e. The van der Waals surface area contributed by atoms with E-state index in [1.165, 1.54) is 5.56 Å². The lowest BCUT2D eigenvalue weighted by Crippen LogP contribution is -2.43. The summed E-state index contributed by atoms with van der Waals surface area (Å²) in [5.41, 5.74) is 1.20. The molecule has 0 aliphatic rings. The van der Waals surface area contributed by atoms with E-state index in [-0.39, 0.29) is 18.0 Å². The minimum atomic E-state index is -0.169. The van der Waals surface area contributed by atoms with Gasteiger partial charge in [0.1, 0.15) is 0 Å². The molecule has 0 saturated heterocycles. The molecule has 0 spiro atoms. The molecule has 1 aromatic rings. The van der Waals surface area contributed by atoms with Crippen LogP contribution in [0.5, 0.6) is 0 Å². The maximum absolute atomic E-state index is 11.8. The molecule has 1 amide bonds. The van der Waals surface area contributed by atoms with Crippen molar-refractivity contribution in [3.63, 3.8) is 0 Å². The van der Waals surface area contributed by atoms with Crippen molar-refractivity contribution in [1.29, 1.82) is 0 Å². The van der Waals surface area contributed by atoms with Gasteiger partial charge in [-0.1, -0.05) is 43.7 Å². The quantitative estimate of drug-likeness (QED) is 0.728. The summed E-state index contributed by atoms with van der Waals surface area (Å²) >= 11 is 0. The highest BCUT2D eigenvalue weighted by atomic mass is 16.2. The van der Waals surface area contributed by atoms with E-state index in [0.717, 1.165) is 19.4 Å². The van der Waals surface area contributed by atoms with Crippen LogP contribution in [0, 0.1) is 0 Å². The first-order valence-corrected chi connectivity index (χ1v) is 6.73. The molecule has 0 aliphatic heterocycles. The highest BCUT2D eigenvalue weighted by Crippen LogP contribution is 2.11. The predicted molar refractivity (Wildman–Crippen MR) is 75.4 cm³/mol. The van der Waals surface area contributed by atoms with Gasteiger partial charge in [0.15, 0.2) is 0 Å². The fraction of sp³-hybridized carbons (Fsp3) is 0.533. The smallest absolute Gasteiger partial charge is 0.236 e. The van der Waals surface area contributed by atoms with Crippen molar-refractivity contribution >= 4 is 5.91 Å². The zero-order valence-electron chi connectivity index (χ0n) is 11.6. The molecule has 3 heteroatoms. The predicted octanol–water partition coefficient (Wildman–Crippen LogP) is 2.64. The standard InChI is InChI=1S/C15H24N2O/c1-4-5-11-16-15(18)13(3)17-12(2)14-9-7-6-8-10-14/h6-10,12-13,17H,4-5,11H2,1-3H3,(H,16,18)/t12-,13?/m0/s1. The van der Waals surface area contributed by atoms with Crippen molar-refractivity contribution in [3.8, 4) is 0 Å². The molecule has 0 radical (unpaired) electrons. The summed E-state index contributed by atoms with van der Waals surface area (Å²) < 4.78 is 0. The van der Waals surface area contributed by atoms with Crippen molar-refractivity contribution in [1.82, 2.24) is 10.6 Å². The van der Waals surface area contributed by atoms with Crippen LogP contribution < -0.4 is 10.6 Å². The summed E-state index contributed by atoms with van der Waals surface area (Å²) in [4.78, 5) is 11.8. The summed E-state index contributed by atoms with van der Waals surface area (Å²) in [6, 6.07) is 10.2. The van der Waals surface area contributed by atoms with Crippen molar-refractivity contribution in [3.05, 3.63) is 35.9 Å². The molecule has 18 heavy (non-hydrogen) atoms. The molecule has 2 atom stereocenters. The zero-order chi connectivity index (χ0) is 13.4. The molecule has 0 bridgehead atoms. The maximum atomic E-state index is 11.8. The monoisotopic (exact) mass is 248 g/mol. The van der Waals surface area contributed by atoms with E-state index in [0.29, 0.717) is 0 Å². The number of carbonyl (C=O) groups is 1. The van der Waals surface area contributed by atoms with Gasteiger partial charge < -0.3 is 5.32 Å². The average Bonchev–Trinajstić information content (AvgIpc) is 2.39. The zero-order valence-corrected chi connectivity index (χ0v) is 11.6.